The van der Waals surface area contributed by atoms with Crippen LogP contribution in [0.3, 0.4) is 0 Å². The lowest BCUT2D eigenvalue weighted by atomic mass is 10.1. The van der Waals surface area contributed by atoms with Gasteiger partial charge in [-0.2, -0.15) is 0 Å². The van der Waals surface area contributed by atoms with Crippen LogP contribution in [0.5, 0.6) is 5.75 Å². The zero-order valence-electron chi connectivity index (χ0n) is 17.0. The molecule has 0 spiro atoms. The second-order valence-electron chi connectivity index (χ2n) is 8.69. The monoisotopic (exact) mass is 384 g/mol. The van der Waals surface area contributed by atoms with Crippen molar-refractivity contribution in [3.8, 4) is 5.75 Å². The maximum absolute atomic E-state index is 7.11. The summed E-state index contributed by atoms with van der Waals surface area (Å²) in [6.07, 6.45) is 2.14. The van der Waals surface area contributed by atoms with Crippen molar-refractivity contribution < 1.29 is 4.43 Å². The molecule has 0 unspecified atom stereocenters. The molecule has 1 nitrogen and oxygen atoms in total. The van der Waals surface area contributed by atoms with Gasteiger partial charge in [0, 0.05) is 0 Å². The van der Waals surface area contributed by atoms with Crippen molar-refractivity contribution in [2.75, 3.05) is 0 Å². The van der Waals surface area contributed by atoms with E-state index < -0.39 is 8.32 Å². The first-order valence-electron chi connectivity index (χ1n) is 10.0. The molecule has 3 aromatic rings. The summed E-state index contributed by atoms with van der Waals surface area (Å²) >= 11 is 0. The largest absolute Gasteiger partial charge is 0.534 e. The van der Waals surface area contributed by atoms with E-state index in [1.54, 1.807) is 0 Å². The lowest BCUT2D eigenvalue weighted by Gasteiger charge is -2.43. The number of aryl methyl sites for hydroxylation is 1. The molecular formula is C26H28OSi. The third kappa shape index (κ3) is 3.12. The minimum absolute atomic E-state index is 0.0360. The van der Waals surface area contributed by atoms with E-state index in [1.165, 1.54) is 27.1 Å². The van der Waals surface area contributed by atoms with Gasteiger partial charge in [0.05, 0.1) is 0 Å². The zero-order chi connectivity index (χ0) is 19.8. The van der Waals surface area contributed by atoms with Gasteiger partial charge in [-0.1, -0.05) is 94.1 Å². The van der Waals surface area contributed by atoms with E-state index in [0.717, 1.165) is 18.6 Å². The lowest BCUT2D eigenvalue weighted by molar-refractivity contribution is 0.508. The number of fused-ring (bicyclic) bond motifs is 1. The summed E-state index contributed by atoms with van der Waals surface area (Å²) in [6.45, 7) is 11.2. The smallest absolute Gasteiger partial charge is 0.319 e. The highest BCUT2D eigenvalue weighted by atomic mass is 28.4. The quantitative estimate of drug-likeness (QED) is 0.533. The van der Waals surface area contributed by atoms with Crippen LogP contribution in [0.4, 0.5) is 0 Å². The van der Waals surface area contributed by atoms with Crippen LogP contribution in [-0.2, 0) is 6.42 Å². The Morgan fingerprint density at radius 1 is 0.786 bits per heavy atom. The molecule has 2 heteroatoms. The SMILES string of the molecule is C=C1CCc2ccc(O[Si](c3ccccc3)(c3ccccc3)C(C)(C)C)cc21. The average molecular weight is 385 g/mol. The molecule has 28 heavy (non-hydrogen) atoms. The van der Waals surface area contributed by atoms with Crippen LogP contribution in [0, 0.1) is 0 Å². The van der Waals surface area contributed by atoms with Crippen LogP contribution < -0.4 is 14.8 Å². The normalized spacial score (nSPS) is 14.0. The number of hydrogen-bond donors (Lipinski definition) is 0. The predicted octanol–water partition coefficient (Wildman–Crippen LogP) is 5.58. The van der Waals surface area contributed by atoms with E-state index in [4.69, 9.17) is 4.43 Å². The second kappa shape index (κ2) is 7.10. The molecule has 0 saturated heterocycles. The maximum atomic E-state index is 7.11. The molecule has 3 aromatic carbocycles. The number of hydrogen-bond acceptors (Lipinski definition) is 1. The Morgan fingerprint density at radius 2 is 1.36 bits per heavy atom. The predicted molar refractivity (Wildman–Crippen MR) is 122 cm³/mol. The fourth-order valence-electron chi connectivity index (χ4n) is 4.41. The number of allylic oxidation sites excluding steroid dienone is 1. The van der Waals surface area contributed by atoms with E-state index in [1.807, 2.05) is 0 Å². The minimum atomic E-state index is -2.57. The Bertz CT molecular complexity index is 944. The van der Waals surface area contributed by atoms with Gasteiger partial charge < -0.3 is 4.43 Å². The molecule has 0 saturated carbocycles. The Morgan fingerprint density at radius 3 is 1.89 bits per heavy atom. The Balaban J connectivity index is 1.91. The van der Waals surface area contributed by atoms with Gasteiger partial charge in [-0.15, -0.1) is 0 Å². The lowest BCUT2D eigenvalue weighted by Crippen LogP contribution is -2.68. The molecule has 4 rings (SSSR count). The van der Waals surface area contributed by atoms with Crippen LogP contribution in [0.1, 0.15) is 38.3 Å². The molecule has 0 atom stereocenters. The van der Waals surface area contributed by atoms with Crippen molar-refractivity contribution in [1.82, 2.24) is 0 Å². The van der Waals surface area contributed by atoms with Gasteiger partial charge in [0.1, 0.15) is 5.75 Å². The van der Waals surface area contributed by atoms with Crippen molar-refractivity contribution in [2.45, 2.75) is 38.7 Å². The molecule has 0 bridgehead atoms. The Labute approximate surface area is 169 Å². The van der Waals surface area contributed by atoms with Crippen molar-refractivity contribution >= 4 is 24.3 Å². The van der Waals surface area contributed by atoms with E-state index >= 15 is 0 Å². The molecular weight excluding hydrogens is 356 g/mol. The van der Waals surface area contributed by atoms with E-state index in [-0.39, 0.29) is 5.04 Å². The number of benzene rings is 3. The average Bonchev–Trinajstić information content (AvgIpc) is 3.07. The minimum Gasteiger partial charge on any atom is -0.534 e. The second-order valence-corrected chi connectivity index (χ2v) is 12.9. The van der Waals surface area contributed by atoms with Gasteiger partial charge in [0.25, 0.3) is 0 Å². The fourth-order valence-corrected chi connectivity index (χ4v) is 8.82. The number of rotatable bonds is 4. The fraction of sp³-hybridized carbons (Fsp3) is 0.231. The van der Waals surface area contributed by atoms with Crippen LogP contribution >= 0.6 is 0 Å². The highest BCUT2D eigenvalue weighted by Gasteiger charge is 2.52. The van der Waals surface area contributed by atoms with Gasteiger partial charge in [-0.05, 0) is 57.1 Å². The van der Waals surface area contributed by atoms with Crippen molar-refractivity contribution in [3.63, 3.8) is 0 Å². The van der Waals surface area contributed by atoms with Gasteiger partial charge in [-0.3, -0.25) is 0 Å². The summed E-state index contributed by atoms with van der Waals surface area (Å²) in [5.74, 6) is 0.955. The molecule has 0 aliphatic heterocycles. The Hall–Kier alpha value is -2.58. The molecule has 0 fully saturated rings. The first-order chi connectivity index (χ1) is 13.4. The molecule has 0 aromatic heterocycles. The molecule has 1 aliphatic carbocycles. The van der Waals surface area contributed by atoms with Crippen LogP contribution in [0.25, 0.3) is 5.57 Å². The van der Waals surface area contributed by atoms with Crippen molar-refractivity contribution in [1.29, 1.82) is 0 Å². The van der Waals surface area contributed by atoms with Gasteiger partial charge >= 0.3 is 8.32 Å². The standard InChI is InChI=1S/C26H28OSi/c1-20-15-16-21-17-18-22(19-25(20)21)27-28(26(2,3)4,23-11-7-5-8-12-23)24-13-9-6-10-14-24/h5-14,17-19H,1,15-16H2,2-4H3. The van der Waals surface area contributed by atoms with Crippen molar-refractivity contribution in [2.24, 2.45) is 0 Å². The zero-order valence-corrected chi connectivity index (χ0v) is 18.0. The summed E-state index contributed by atoms with van der Waals surface area (Å²) in [7, 11) is -2.57. The summed E-state index contributed by atoms with van der Waals surface area (Å²) in [5, 5.41) is 2.56. The molecule has 142 valence electrons. The third-order valence-corrected chi connectivity index (χ3v) is 10.8. The van der Waals surface area contributed by atoms with Crippen LogP contribution in [0.2, 0.25) is 5.04 Å². The highest BCUT2D eigenvalue weighted by molar-refractivity contribution is 7.00. The van der Waals surface area contributed by atoms with E-state index in [9.17, 15) is 0 Å². The molecule has 0 radical (unpaired) electrons. The van der Waals surface area contributed by atoms with E-state index in [0.29, 0.717) is 0 Å². The molecule has 0 amide bonds. The van der Waals surface area contributed by atoms with Crippen LogP contribution in [0.15, 0.2) is 85.4 Å². The first-order valence-corrected chi connectivity index (χ1v) is 11.9. The highest BCUT2D eigenvalue weighted by Crippen LogP contribution is 2.39. The topological polar surface area (TPSA) is 9.23 Å². The van der Waals surface area contributed by atoms with Gasteiger partial charge in [0.2, 0.25) is 0 Å². The summed E-state index contributed by atoms with van der Waals surface area (Å²) in [4.78, 5) is 0. The van der Waals surface area contributed by atoms with Crippen LogP contribution in [-0.4, -0.2) is 8.32 Å². The molecule has 1 aliphatic rings. The van der Waals surface area contributed by atoms with Gasteiger partial charge in [0.15, 0.2) is 0 Å². The van der Waals surface area contributed by atoms with Gasteiger partial charge in [-0.25, -0.2) is 0 Å². The summed E-state index contributed by atoms with van der Waals surface area (Å²) in [6, 6.07) is 28.2. The molecule has 0 heterocycles. The molecule has 0 N–H and O–H groups in total. The summed E-state index contributed by atoms with van der Waals surface area (Å²) in [5.41, 5.74) is 3.89. The van der Waals surface area contributed by atoms with Crippen molar-refractivity contribution in [3.05, 3.63) is 96.6 Å². The summed E-state index contributed by atoms with van der Waals surface area (Å²) < 4.78 is 7.11. The Kier molecular flexibility index (Phi) is 4.76. The van der Waals surface area contributed by atoms with E-state index in [2.05, 4.69) is 106 Å². The third-order valence-electron chi connectivity index (χ3n) is 5.85. The first kappa shape index (κ1) is 18.8. The maximum Gasteiger partial charge on any atom is 0.319 e.